The second-order valence-electron chi connectivity index (χ2n) is 7.48. The van der Waals surface area contributed by atoms with Crippen LogP contribution in [0.1, 0.15) is 28.4 Å². The summed E-state index contributed by atoms with van der Waals surface area (Å²) in [4.78, 5) is 12.4. The van der Waals surface area contributed by atoms with Crippen molar-refractivity contribution in [2.45, 2.75) is 24.7 Å². The van der Waals surface area contributed by atoms with E-state index in [2.05, 4.69) is 10.0 Å². The highest BCUT2D eigenvalue weighted by molar-refractivity contribution is 7.89. The molecule has 0 atom stereocenters. The molecular weight excluding hydrogens is 459 g/mol. The molecule has 0 saturated heterocycles. The number of aryl methyl sites for hydroxylation is 1. The number of hydrogen-bond acceptors (Lipinski definition) is 5. The maximum Gasteiger partial charge on any atom is 0.258 e. The van der Waals surface area contributed by atoms with Gasteiger partial charge in [0, 0.05) is 12.2 Å². The maximum absolute atomic E-state index is 14.3. The Balaban J connectivity index is 1.69. The van der Waals surface area contributed by atoms with E-state index in [-0.39, 0.29) is 17.0 Å². The lowest BCUT2D eigenvalue weighted by molar-refractivity contribution is 0.102. The molecule has 0 aliphatic heterocycles. The summed E-state index contributed by atoms with van der Waals surface area (Å²) in [6.07, 6.45) is 1.24. The number of carbonyl (C=O) groups is 1. The van der Waals surface area contributed by atoms with E-state index in [9.17, 15) is 17.6 Å². The summed E-state index contributed by atoms with van der Waals surface area (Å²) in [5, 5.41) is 2.60. The van der Waals surface area contributed by atoms with Gasteiger partial charge in [0.25, 0.3) is 5.91 Å². The third-order valence-corrected chi connectivity index (χ3v) is 6.73. The van der Waals surface area contributed by atoms with Crippen molar-refractivity contribution in [2.24, 2.45) is 0 Å². The lowest BCUT2D eigenvalue weighted by atomic mass is 10.1. The first-order chi connectivity index (χ1) is 16.3. The van der Waals surface area contributed by atoms with Crippen LogP contribution in [0.25, 0.3) is 0 Å². The van der Waals surface area contributed by atoms with Gasteiger partial charge in [-0.25, -0.2) is 17.5 Å². The van der Waals surface area contributed by atoms with Crippen molar-refractivity contribution in [3.05, 3.63) is 83.2 Å². The van der Waals surface area contributed by atoms with Crippen LogP contribution >= 0.6 is 0 Å². The first-order valence-electron chi connectivity index (χ1n) is 10.7. The summed E-state index contributed by atoms with van der Waals surface area (Å²) in [5.41, 5.74) is 2.07. The first kappa shape index (κ1) is 25.2. The molecule has 0 saturated carbocycles. The molecule has 0 bridgehead atoms. The summed E-state index contributed by atoms with van der Waals surface area (Å²) in [6, 6.07) is 15.6. The zero-order valence-corrected chi connectivity index (χ0v) is 20.0. The smallest absolute Gasteiger partial charge is 0.258 e. The van der Waals surface area contributed by atoms with E-state index in [0.717, 1.165) is 35.7 Å². The van der Waals surface area contributed by atoms with E-state index in [4.69, 9.17) is 9.47 Å². The topological polar surface area (TPSA) is 93.7 Å². The minimum Gasteiger partial charge on any atom is -0.493 e. The molecule has 0 aliphatic carbocycles. The number of methoxy groups -OCH3 is 2. The predicted octanol–water partition coefficient (Wildman–Crippen LogP) is 4.18. The minimum absolute atomic E-state index is 0.0977. The summed E-state index contributed by atoms with van der Waals surface area (Å²) in [7, 11) is -0.913. The van der Waals surface area contributed by atoms with Gasteiger partial charge in [-0.1, -0.05) is 25.1 Å². The van der Waals surface area contributed by atoms with Crippen LogP contribution in [0, 0.1) is 5.82 Å². The van der Waals surface area contributed by atoms with Gasteiger partial charge in [0.1, 0.15) is 5.82 Å². The molecule has 3 rings (SSSR count). The quantitative estimate of drug-likeness (QED) is 0.449. The van der Waals surface area contributed by atoms with E-state index in [1.807, 2.05) is 25.1 Å². The largest absolute Gasteiger partial charge is 0.493 e. The Bertz CT molecular complexity index is 1260. The second-order valence-corrected chi connectivity index (χ2v) is 9.25. The zero-order valence-electron chi connectivity index (χ0n) is 19.2. The third-order valence-electron chi connectivity index (χ3n) is 5.27. The number of nitrogens with one attached hydrogen (secondary N) is 2. The lowest BCUT2D eigenvalue weighted by Crippen LogP contribution is -2.26. The van der Waals surface area contributed by atoms with Gasteiger partial charge < -0.3 is 14.8 Å². The van der Waals surface area contributed by atoms with Gasteiger partial charge in [-0.2, -0.15) is 0 Å². The van der Waals surface area contributed by atoms with Crippen LogP contribution < -0.4 is 19.5 Å². The van der Waals surface area contributed by atoms with Crippen LogP contribution in [-0.2, 0) is 22.9 Å². The van der Waals surface area contributed by atoms with Crippen molar-refractivity contribution in [2.75, 3.05) is 26.1 Å². The van der Waals surface area contributed by atoms with Crippen LogP contribution in [-0.4, -0.2) is 35.1 Å². The average molecular weight is 487 g/mol. The van der Waals surface area contributed by atoms with Crippen LogP contribution in [0.2, 0.25) is 0 Å². The van der Waals surface area contributed by atoms with Crippen molar-refractivity contribution in [1.82, 2.24) is 4.72 Å². The SMILES string of the molecule is CCc1ccc(NC(=O)c2cc(S(=O)(=O)NCCc3ccc(OC)c(OC)c3)ccc2F)cc1. The minimum atomic E-state index is -3.97. The fraction of sp³-hybridized carbons (Fsp3) is 0.240. The zero-order chi connectivity index (χ0) is 24.7. The highest BCUT2D eigenvalue weighted by Gasteiger charge is 2.19. The van der Waals surface area contributed by atoms with E-state index >= 15 is 0 Å². The first-order valence-corrected chi connectivity index (χ1v) is 12.2. The number of benzene rings is 3. The highest BCUT2D eigenvalue weighted by atomic mass is 32.2. The van der Waals surface area contributed by atoms with E-state index < -0.39 is 21.7 Å². The number of sulfonamides is 1. The number of amides is 1. The summed E-state index contributed by atoms with van der Waals surface area (Å²) < 4.78 is 52.8. The Labute approximate surface area is 199 Å². The van der Waals surface area contributed by atoms with Crippen LogP contribution in [0.5, 0.6) is 11.5 Å². The van der Waals surface area contributed by atoms with Crippen molar-refractivity contribution in [3.63, 3.8) is 0 Å². The second kappa shape index (κ2) is 11.1. The number of rotatable bonds is 10. The van der Waals surface area contributed by atoms with Crippen molar-refractivity contribution in [3.8, 4) is 11.5 Å². The maximum atomic E-state index is 14.3. The summed E-state index contributed by atoms with van der Waals surface area (Å²) in [5.74, 6) is -0.428. The Kier molecular flexibility index (Phi) is 8.25. The molecule has 3 aromatic rings. The molecule has 0 aromatic heterocycles. The predicted molar refractivity (Wildman–Crippen MR) is 129 cm³/mol. The van der Waals surface area contributed by atoms with Crippen LogP contribution in [0.4, 0.5) is 10.1 Å². The number of carbonyl (C=O) groups excluding carboxylic acids is 1. The van der Waals surface area contributed by atoms with Crippen molar-refractivity contribution < 1.29 is 27.1 Å². The van der Waals surface area contributed by atoms with Gasteiger partial charge in [0.15, 0.2) is 11.5 Å². The average Bonchev–Trinajstić information content (AvgIpc) is 2.84. The molecule has 34 heavy (non-hydrogen) atoms. The molecule has 0 radical (unpaired) electrons. The van der Waals surface area contributed by atoms with Gasteiger partial charge in [-0.3, -0.25) is 4.79 Å². The van der Waals surface area contributed by atoms with Crippen LogP contribution in [0.15, 0.2) is 65.6 Å². The lowest BCUT2D eigenvalue weighted by Gasteiger charge is -2.11. The molecule has 0 aliphatic rings. The van der Waals surface area contributed by atoms with Crippen molar-refractivity contribution in [1.29, 1.82) is 0 Å². The Hall–Kier alpha value is -3.43. The number of hydrogen-bond donors (Lipinski definition) is 2. The highest BCUT2D eigenvalue weighted by Crippen LogP contribution is 2.27. The van der Waals surface area contributed by atoms with Crippen molar-refractivity contribution >= 4 is 21.6 Å². The normalized spacial score (nSPS) is 11.2. The molecule has 2 N–H and O–H groups in total. The van der Waals surface area contributed by atoms with Gasteiger partial charge >= 0.3 is 0 Å². The van der Waals surface area contributed by atoms with Gasteiger partial charge in [0.2, 0.25) is 10.0 Å². The summed E-state index contributed by atoms with van der Waals surface area (Å²) in [6.45, 7) is 2.11. The molecule has 7 nitrogen and oxygen atoms in total. The molecule has 9 heteroatoms. The van der Waals surface area contributed by atoms with E-state index in [1.54, 1.807) is 24.3 Å². The fourth-order valence-electron chi connectivity index (χ4n) is 3.32. The monoisotopic (exact) mass is 486 g/mol. The van der Waals surface area contributed by atoms with E-state index in [0.29, 0.717) is 23.6 Å². The van der Waals surface area contributed by atoms with Gasteiger partial charge in [0.05, 0.1) is 24.7 Å². The fourth-order valence-corrected chi connectivity index (χ4v) is 4.37. The molecule has 0 heterocycles. The summed E-state index contributed by atoms with van der Waals surface area (Å²) >= 11 is 0. The Morgan fingerprint density at radius 2 is 1.59 bits per heavy atom. The molecule has 180 valence electrons. The Morgan fingerprint density at radius 3 is 2.24 bits per heavy atom. The third kappa shape index (κ3) is 6.12. The number of anilines is 1. The standard InChI is InChI=1S/C25H27FN2O5S/c1-4-17-5-8-19(9-6-17)28-25(29)21-16-20(10-11-22(21)26)34(30,31)27-14-13-18-7-12-23(32-2)24(15-18)33-3/h5-12,15-16,27H,4,13-14H2,1-3H3,(H,28,29). The number of ether oxygens (including phenoxy) is 2. The molecule has 0 fully saturated rings. The molecule has 3 aromatic carbocycles. The number of halogens is 1. The van der Waals surface area contributed by atoms with Crippen LogP contribution in [0.3, 0.4) is 0 Å². The Morgan fingerprint density at radius 1 is 0.912 bits per heavy atom. The molecule has 0 spiro atoms. The van der Waals surface area contributed by atoms with Gasteiger partial charge in [-0.15, -0.1) is 0 Å². The van der Waals surface area contributed by atoms with Gasteiger partial charge in [-0.05, 0) is 66.4 Å². The molecule has 1 amide bonds. The molecular formula is C25H27FN2O5S. The van der Waals surface area contributed by atoms with E-state index in [1.165, 1.54) is 14.2 Å². The molecule has 0 unspecified atom stereocenters.